The van der Waals surface area contributed by atoms with Crippen LogP contribution in [0.2, 0.25) is 0 Å². The summed E-state index contributed by atoms with van der Waals surface area (Å²) >= 11 is 0. The van der Waals surface area contributed by atoms with Crippen LogP contribution in [0, 0.1) is 0 Å². The van der Waals surface area contributed by atoms with Crippen LogP contribution in [0.1, 0.15) is 25.3 Å². The van der Waals surface area contributed by atoms with E-state index in [9.17, 15) is 23.1 Å². The van der Waals surface area contributed by atoms with E-state index >= 15 is 0 Å². The lowest BCUT2D eigenvalue weighted by molar-refractivity contribution is -0.137. The third-order valence-electron chi connectivity index (χ3n) is 3.88. The Morgan fingerprint density at radius 3 is 2.80 bits per heavy atom. The van der Waals surface area contributed by atoms with Crippen molar-refractivity contribution < 1.29 is 27.8 Å². The van der Waals surface area contributed by atoms with Gasteiger partial charge in [0.25, 0.3) is 0 Å². The smallest absolute Gasteiger partial charge is 0.416 e. The van der Waals surface area contributed by atoms with E-state index < -0.39 is 23.4 Å². The predicted molar refractivity (Wildman–Crippen MR) is 86.7 cm³/mol. The van der Waals surface area contributed by atoms with E-state index in [2.05, 4.69) is 16.0 Å². The maximum absolute atomic E-state index is 12.9. The number of hydrogen-bond donors (Lipinski definition) is 4. The first kappa shape index (κ1) is 19.3. The molecule has 1 atom stereocenters. The van der Waals surface area contributed by atoms with Crippen LogP contribution >= 0.6 is 0 Å². The van der Waals surface area contributed by atoms with Crippen molar-refractivity contribution in [3.05, 3.63) is 23.8 Å². The van der Waals surface area contributed by atoms with Crippen LogP contribution < -0.4 is 20.7 Å². The highest BCUT2D eigenvalue weighted by molar-refractivity contribution is 5.91. The first-order chi connectivity index (χ1) is 11.7. The third-order valence-corrected chi connectivity index (χ3v) is 3.88. The molecule has 2 rings (SSSR count). The lowest BCUT2D eigenvalue weighted by atomic mass is 9.94. The molecule has 1 heterocycles. The lowest BCUT2D eigenvalue weighted by Gasteiger charge is -2.32. The second-order valence-corrected chi connectivity index (χ2v) is 5.95. The zero-order chi connectivity index (χ0) is 18.5. The van der Waals surface area contributed by atoms with E-state index in [1.54, 1.807) is 6.92 Å². The molecule has 0 unspecified atom stereocenters. The molecule has 4 N–H and O–H groups in total. The number of benzene rings is 1. The number of aliphatic hydroxyl groups is 1. The molecule has 2 amide bonds. The second-order valence-electron chi connectivity index (χ2n) is 5.95. The largest absolute Gasteiger partial charge is 0.492 e. The Hall–Kier alpha value is -2.00. The van der Waals surface area contributed by atoms with Gasteiger partial charge in [-0.3, -0.25) is 0 Å². The number of carbonyl (C=O) groups is 1. The maximum atomic E-state index is 12.9. The fourth-order valence-corrected chi connectivity index (χ4v) is 2.60. The zero-order valence-corrected chi connectivity index (χ0v) is 13.9. The Balaban J connectivity index is 2.05. The highest BCUT2D eigenvalue weighted by Gasteiger charge is 2.32. The topological polar surface area (TPSA) is 82.6 Å². The van der Waals surface area contributed by atoms with Crippen LogP contribution in [-0.2, 0) is 6.18 Å². The fourth-order valence-electron chi connectivity index (χ4n) is 2.60. The summed E-state index contributed by atoms with van der Waals surface area (Å²) in [4.78, 5) is 12.0. The average Bonchev–Trinajstić information content (AvgIpc) is 2.55. The van der Waals surface area contributed by atoms with E-state index in [0.29, 0.717) is 13.0 Å². The van der Waals surface area contributed by atoms with Crippen molar-refractivity contribution >= 4 is 11.7 Å². The van der Waals surface area contributed by atoms with Gasteiger partial charge in [0.05, 0.1) is 23.5 Å². The van der Waals surface area contributed by atoms with E-state index in [4.69, 9.17) is 4.74 Å². The van der Waals surface area contributed by atoms with E-state index in [-0.39, 0.29) is 24.6 Å². The number of amides is 2. The van der Waals surface area contributed by atoms with Crippen molar-refractivity contribution in [2.75, 3.05) is 31.6 Å². The van der Waals surface area contributed by atoms with Crippen LogP contribution in [-0.4, -0.2) is 43.0 Å². The van der Waals surface area contributed by atoms with Crippen LogP contribution in [0.5, 0.6) is 5.75 Å². The number of alkyl halides is 3. The molecule has 25 heavy (non-hydrogen) atoms. The summed E-state index contributed by atoms with van der Waals surface area (Å²) in [6, 6.07) is 2.17. The molecule has 1 aromatic rings. The second kappa shape index (κ2) is 7.92. The normalized spacial score (nSPS) is 20.8. The van der Waals surface area contributed by atoms with Crippen molar-refractivity contribution in [1.82, 2.24) is 10.6 Å². The SMILES string of the molecule is CCOc1ccc(C(F)(F)F)cc1NC(=O)NC[C@]1(O)CCCNC1. The van der Waals surface area contributed by atoms with Crippen LogP contribution in [0.3, 0.4) is 0 Å². The molecule has 0 spiro atoms. The molecule has 1 fully saturated rings. The van der Waals surface area contributed by atoms with Crippen LogP contribution in [0.15, 0.2) is 18.2 Å². The van der Waals surface area contributed by atoms with Gasteiger partial charge in [-0.25, -0.2) is 4.79 Å². The minimum Gasteiger partial charge on any atom is -0.492 e. The minimum absolute atomic E-state index is 0.00520. The number of urea groups is 1. The molecule has 0 radical (unpaired) electrons. The Kier molecular flexibility index (Phi) is 6.12. The van der Waals surface area contributed by atoms with Crippen molar-refractivity contribution in [3.63, 3.8) is 0 Å². The molecular formula is C16H22F3N3O3. The van der Waals surface area contributed by atoms with Crippen LogP contribution in [0.4, 0.5) is 23.7 Å². The summed E-state index contributed by atoms with van der Waals surface area (Å²) in [5.41, 5.74) is -2.03. The van der Waals surface area contributed by atoms with Gasteiger partial charge in [-0.05, 0) is 44.5 Å². The molecule has 6 nitrogen and oxygen atoms in total. The van der Waals surface area contributed by atoms with E-state index in [1.165, 1.54) is 6.07 Å². The number of nitrogens with one attached hydrogen (secondary N) is 3. The number of anilines is 1. The maximum Gasteiger partial charge on any atom is 0.416 e. The molecule has 0 aliphatic carbocycles. The molecule has 1 aliphatic rings. The first-order valence-corrected chi connectivity index (χ1v) is 8.05. The third kappa shape index (κ3) is 5.50. The molecule has 1 saturated heterocycles. The van der Waals surface area contributed by atoms with Crippen molar-refractivity contribution in [1.29, 1.82) is 0 Å². The van der Waals surface area contributed by atoms with Crippen molar-refractivity contribution in [3.8, 4) is 5.75 Å². The lowest BCUT2D eigenvalue weighted by Crippen LogP contribution is -2.53. The molecule has 140 valence electrons. The monoisotopic (exact) mass is 361 g/mol. The van der Waals surface area contributed by atoms with E-state index in [1.807, 2.05) is 0 Å². The highest BCUT2D eigenvalue weighted by Crippen LogP contribution is 2.35. The van der Waals surface area contributed by atoms with Crippen molar-refractivity contribution in [2.24, 2.45) is 0 Å². The fraction of sp³-hybridized carbons (Fsp3) is 0.562. The number of carbonyl (C=O) groups excluding carboxylic acids is 1. The van der Waals surface area contributed by atoms with Gasteiger partial charge >= 0.3 is 12.2 Å². The van der Waals surface area contributed by atoms with Gasteiger partial charge in [-0.15, -0.1) is 0 Å². The summed E-state index contributed by atoms with van der Waals surface area (Å²) < 4.78 is 43.8. The Morgan fingerprint density at radius 1 is 1.44 bits per heavy atom. The standard InChI is InChI=1S/C16H22F3N3O3/c1-2-25-13-5-4-11(16(17,18)19)8-12(13)22-14(23)21-10-15(24)6-3-7-20-9-15/h4-5,8,20,24H,2-3,6-7,9-10H2,1H3,(H2,21,22,23)/t15-/m0/s1. The number of β-amino-alcohol motifs (C(OH)–C–C–N with tert-alkyl or cyclic N) is 1. The molecule has 9 heteroatoms. The van der Waals surface area contributed by atoms with Gasteiger partial charge in [-0.2, -0.15) is 13.2 Å². The summed E-state index contributed by atoms with van der Waals surface area (Å²) in [6.07, 6.45) is -3.21. The predicted octanol–water partition coefficient (Wildman–Crippen LogP) is 2.34. The number of halogens is 3. The first-order valence-electron chi connectivity index (χ1n) is 8.05. The molecule has 0 bridgehead atoms. The van der Waals surface area contributed by atoms with Gasteiger partial charge < -0.3 is 25.8 Å². The Bertz CT molecular complexity index is 602. The minimum atomic E-state index is -4.53. The van der Waals surface area contributed by atoms with Gasteiger partial charge in [0.1, 0.15) is 5.75 Å². The number of piperidine rings is 1. The van der Waals surface area contributed by atoms with Crippen LogP contribution in [0.25, 0.3) is 0 Å². The Morgan fingerprint density at radius 2 is 2.20 bits per heavy atom. The molecule has 0 aromatic heterocycles. The van der Waals surface area contributed by atoms with Gasteiger partial charge in [0.2, 0.25) is 0 Å². The molecule has 0 saturated carbocycles. The molecular weight excluding hydrogens is 339 g/mol. The summed E-state index contributed by atoms with van der Waals surface area (Å²) in [5, 5.41) is 18.2. The van der Waals surface area contributed by atoms with Gasteiger partial charge in [0.15, 0.2) is 0 Å². The number of hydrogen-bond acceptors (Lipinski definition) is 4. The summed E-state index contributed by atoms with van der Waals surface area (Å²) in [6.45, 7) is 3.08. The molecule has 1 aromatic carbocycles. The zero-order valence-electron chi connectivity index (χ0n) is 13.9. The summed E-state index contributed by atoms with van der Waals surface area (Å²) in [5.74, 6) is 0.142. The number of ether oxygens (including phenoxy) is 1. The Labute approximate surface area is 143 Å². The highest BCUT2D eigenvalue weighted by atomic mass is 19.4. The van der Waals surface area contributed by atoms with Crippen molar-refractivity contribution in [2.45, 2.75) is 31.5 Å². The quantitative estimate of drug-likeness (QED) is 0.649. The van der Waals surface area contributed by atoms with Gasteiger partial charge in [-0.1, -0.05) is 0 Å². The average molecular weight is 361 g/mol. The molecule has 1 aliphatic heterocycles. The van der Waals surface area contributed by atoms with E-state index in [0.717, 1.165) is 25.1 Å². The summed E-state index contributed by atoms with van der Waals surface area (Å²) in [7, 11) is 0. The number of rotatable bonds is 5. The van der Waals surface area contributed by atoms with Gasteiger partial charge in [0, 0.05) is 13.1 Å².